The molecule has 2 rings (SSSR count). The molecule has 1 aliphatic carbocycles. The van der Waals surface area contributed by atoms with E-state index in [0.717, 1.165) is 25.0 Å². The molecule has 0 radical (unpaired) electrons. The number of fused-ring (bicyclic) bond motifs is 1. The molecule has 1 atom stereocenters. The van der Waals surface area contributed by atoms with Crippen LogP contribution >= 0.6 is 0 Å². The van der Waals surface area contributed by atoms with Gasteiger partial charge in [0.2, 0.25) is 0 Å². The molecule has 1 amide bonds. The predicted molar refractivity (Wildman–Crippen MR) is 75.4 cm³/mol. The van der Waals surface area contributed by atoms with Crippen LogP contribution in [0.3, 0.4) is 0 Å². The van der Waals surface area contributed by atoms with Crippen molar-refractivity contribution in [3.63, 3.8) is 0 Å². The Morgan fingerprint density at radius 3 is 3.05 bits per heavy atom. The number of carbonyl (C=O) groups is 1. The van der Waals surface area contributed by atoms with E-state index in [0.29, 0.717) is 12.6 Å². The van der Waals surface area contributed by atoms with Gasteiger partial charge in [-0.25, -0.2) is 0 Å². The molecule has 4 nitrogen and oxygen atoms in total. The predicted octanol–water partition coefficient (Wildman–Crippen LogP) is 1.80. The molecule has 2 N–H and O–H groups in total. The van der Waals surface area contributed by atoms with Crippen LogP contribution in [0.2, 0.25) is 0 Å². The van der Waals surface area contributed by atoms with Crippen molar-refractivity contribution in [2.45, 2.75) is 32.2 Å². The van der Waals surface area contributed by atoms with E-state index < -0.39 is 0 Å². The number of carbonyl (C=O) groups excluding carboxylic acids is 1. The van der Waals surface area contributed by atoms with E-state index in [1.54, 1.807) is 0 Å². The van der Waals surface area contributed by atoms with Crippen molar-refractivity contribution >= 4 is 5.91 Å². The highest BCUT2D eigenvalue weighted by Crippen LogP contribution is 2.33. The summed E-state index contributed by atoms with van der Waals surface area (Å²) in [5.74, 6) is 0.720. The van der Waals surface area contributed by atoms with E-state index in [1.165, 1.54) is 11.1 Å². The molecule has 104 valence electrons. The molecule has 0 heterocycles. The standard InChI is InChI=1S/C15H22N2O2/c1-3-8-17-15(18)10-19-12-5-6-13-11(9-12)4-7-14(13)16-2/h5-6,9,14,16H,3-4,7-8,10H2,1-2H3,(H,17,18). The highest BCUT2D eigenvalue weighted by molar-refractivity contribution is 5.77. The van der Waals surface area contributed by atoms with Crippen LogP contribution in [0.25, 0.3) is 0 Å². The number of rotatable bonds is 6. The molecular formula is C15H22N2O2. The highest BCUT2D eigenvalue weighted by atomic mass is 16.5. The molecule has 0 saturated heterocycles. The lowest BCUT2D eigenvalue weighted by Crippen LogP contribution is -2.29. The Bertz CT molecular complexity index is 446. The molecule has 1 aliphatic rings. The largest absolute Gasteiger partial charge is 0.484 e. The Kier molecular flexibility index (Phi) is 4.80. The Labute approximate surface area is 114 Å². The summed E-state index contributed by atoms with van der Waals surface area (Å²) in [6, 6.07) is 6.56. The third kappa shape index (κ3) is 3.47. The summed E-state index contributed by atoms with van der Waals surface area (Å²) in [6.45, 7) is 2.82. The first-order valence-corrected chi connectivity index (χ1v) is 6.94. The van der Waals surface area contributed by atoms with Crippen molar-refractivity contribution in [3.8, 4) is 5.75 Å². The number of benzene rings is 1. The van der Waals surface area contributed by atoms with Crippen molar-refractivity contribution in [2.75, 3.05) is 20.2 Å². The van der Waals surface area contributed by atoms with E-state index in [4.69, 9.17) is 4.74 Å². The van der Waals surface area contributed by atoms with E-state index in [9.17, 15) is 4.79 Å². The van der Waals surface area contributed by atoms with Crippen LogP contribution in [-0.4, -0.2) is 26.1 Å². The molecule has 1 aromatic carbocycles. The quantitative estimate of drug-likeness (QED) is 0.822. The van der Waals surface area contributed by atoms with Crippen molar-refractivity contribution in [1.29, 1.82) is 0 Å². The SMILES string of the molecule is CCCNC(=O)COc1ccc2c(c1)CCC2NC. The number of hydrogen-bond donors (Lipinski definition) is 2. The van der Waals surface area contributed by atoms with Crippen molar-refractivity contribution in [3.05, 3.63) is 29.3 Å². The fourth-order valence-electron chi connectivity index (χ4n) is 2.45. The van der Waals surface area contributed by atoms with Crippen LogP contribution < -0.4 is 15.4 Å². The second kappa shape index (κ2) is 6.57. The van der Waals surface area contributed by atoms with Crippen molar-refractivity contribution < 1.29 is 9.53 Å². The number of amides is 1. The van der Waals surface area contributed by atoms with Gasteiger partial charge in [-0.15, -0.1) is 0 Å². The lowest BCUT2D eigenvalue weighted by molar-refractivity contribution is -0.123. The fraction of sp³-hybridized carbons (Fsp3) is 0.533. The van der Waals surface area contributed by atoms with E-state index >= 15 is 0 Å². The van der Waals surface area contributed by atoms with Crippen LogP contribution in [0.5, 0.6) is 5.75 Å². The van der Waals surface area contributed by atoms with E-state index in [2.05, 4.69) is 22.8 Å². The number of nitrogens with one attached hydrogen (secondary N) is 2. The summed E-state index contributed by atoms with van der Waals surface area (Å²) in [6.07, 6.45) is 3.14. The molecule has 4 heteroatoms. The first-order valence-electron chi connectivity index (χ1n) is 6.94. The van der Waals surface area contributed by atoms with Crippen molar-refractivity contribution in [2.24, 2.45) is 0 Å². The Hall–Kier alpha value is -1.55. The maximum atomic E-state index is 11.5. The Balaban J connectivity index is 1.91. The number of aryl methyl sites for hydroxylation is 1. The second-order valence-electron chi connectivity index (χ2n) is 4.88. The monoisotopic (exact) mass is 262 g/mol. The van der Waals surface area contributed by atoms with Crippen molar-refractivity contribution in [1.82, 2.24) is 10.6 Å². The molecule has 0 aromatic heterocycles. The summed E-state index contributed by atoms with van der Waals surface area (Å²) in [4.78, 5) is 11.5. The highest BCUT2D eigenvalue weighted by Gasteiger charge is 2.21. The van der Waals surface area contributed by atoms with Crippen LogP contribution in [-0.2, 0) is 11.2 Å². The normalized spacial score (nSPS) is 17.1. The minimum absolute atomic E-state index is 0.0598. The van der Waals surface area contributed by atoms with Gasteiger partial charge in [-0.3, -0.25) is 4.79 Å². The smallest absolute Gasteiger partial charge is 0.257 e. The zero-order valence-corrected chi connectivity index (χ0v) is 11.7. The summed E-state index contributed by atoms with van der Waals surface area (Å²) >= 11 is 0. The molecule has 0 bridgehead atoms. The molecule has 0 aliphatic heterocycles. The van der Waals surface area contributed by atoms with Crippen LogP contribution in [0.15, 0.2) is 18.2 Å². The minimum Gasteiger partial charge on any atom is -0.484 e. The van der Waals surface area contributed by atoms with Gasteiger partial charge in [-0.2, -0.15) is 0 Å². The Morgan fingerprint density at radius 2 is 2.32 bits per heavy atom. The molecule has 1 aromatic rings. The molecule has 0 fully saturated rings. The molecule has 19 heavy (non-hydrogen) atoms. The van der Waals surface area contributed by atoms with Gasteiger partial charge in [0.05, 0.1) is 0 Å². The average molecular weight is 262 g/mol. The van der Waals surface area contributed by atoms with Crippen LogP contribution in [0, 0.1) is 0 Å². The van der Waals surface area contributed by atoms with E-state index in [-0.39, 0.29) is 12.5 Å². The van der Waals surface area contributed by atoms with Gasteiger partial charge < -0.3 is 15.4 Å². The molecule has 0 spiro atoms. The van der Waals surface area contributed by atoms with Gasteiger partial charge in [-0.1, -0.05) is 13.0 Å². The molecule has 0 saturated carbocycles. The first-order chi connectivity index (χ1) is 9.24. The van der Waals surface area contributed by atoms with Crippen LogP contribution in [0.1, 0.15) is 36.9 Å². The lowest BCUT2D eigenvalue weighted by atomic mass is 10.1. The maximum Gasteiger partial charge on any atom is 0.257 e. The number of ether oxygens (including phenoxy) is 1. The zero-order chi connectivity index (χ0) is 13.7. The lowest BCUT2D eigenvalue weighted by Gasteiger charge is -2.11. The van der Waals surface area contributed by atoms with Gasteiger partial charge in [0.1, 0.15) is 5.75 Å². The summed E-state index contributed by atoms with van der Waals surface area (Å²) in [5, 5.41) is 6.11. The van der Waals surface area contributed by atoms with E-state index in [1.807, 2.05) is 20.0 Å². The topological polar surface area (TPSA) is 50.4 Å². The van der Waals surface area contributed by atoms with Gasteiger partial charge in [0, 0.05) is 12.6 Å². The zero-order valence-electron chi connectivity index (χ0n) is 11.7. The number of hydrogen-bond acceptors (Lipinski definition) is 3. The second-order valence-corrected chi connectivity index (χ2v) is 4.88. The molecule has 1 unspecified atom stereocenters. The third-order valence-corrected chi connectivity index (χ3v) is 3.48. The summed E-state index contributed by atoms with van der Waals surface area (Å²) in [5.41, 5.74) is 2.68. The Morgan fingerprint density at radius 1 is 1.47 bits per heavy atom. The van der Waals surface area contributed by atoms with Gasteiger partial charge in [0.15, 0.2) is 6.61 Å². The maximum absolute atomic E-state index is 11.5. The third-order valence-electron chi connectivity index (χ3n) is 3.48. The summed E-state index contributed by atoms with van der Waals surface area (Å²) < 4.78 is 5.53. The molecular weight excluding hydrogens is 240 g/mol. The van der Waals surface area contributed by atoms with Crippen LogP contribution in [0.4, 0.5) is 0 Å². The van der Waals surface area contributed by atoms with Gasteiger partial charge in [0.25, 0.3) is 5.91 Å². The first kappa shape index (κ1) is 13.9. The van der Waals surface area contributed by atoms with Gasteiger partial charge in [-0.05, 0) is 49.6 Å². The minimum atomic E-state index is -0.0598. The van der Waals surface area contributed by atoms with Gasteiger partial charge >= 0.3 is 0 Å². The average Bonchev–Trinajstić information content (AvgIpc) is 2.85. The summed E-state index contributed by atoms with van der Waals surface area (Å²) in [7, 11) is 1.99. The fourth-order valence-corrected chi connectivity index (χ4v) is 2.45.